The fourth-order valence-electron chi connectivity index (χ4n) is 2.39. The Bertz CT molecular complexity index is 611. The van der Waals surface area contributed by atoms with E-state index in [2.05, 4.69) is 30.3 Å². The first kappa shape index (κ1) is 11.4. The summed E-state index contributed by atoms with van der Waals surface area (Å²) in [7, 11) is 0. The molecule has 0 amide bonds. The van der Waals surface area contributed by atoms with Crippen molar-refractivity contribution >= 4 is 11.8 Å². The quantitative estimate of drug-likeness (QED) is 0.798. The van der Waals surface area contributed by atoms with E-state index in [1.165, 1.54) is 22.4 Å². The highest BCUT2D eigenvalue weighted by Crippen LogP contribution is 2.34. The van der Waals surface area contributed by atoms with Crippen LogP contribution in [0.15, 0.2) is 52.3 Å². The predicted molar refractivity (Wildman–Crippen MR) is 73.7 cm³/mol. The molecule has 88 valence electrons. The molecule has 2 aromatic carbocycles. The van der Waals surface area contributed by atoms with Gasteiger partial charge in [-0.3, -0.25) is 0 Å². The Kier molecular flexibility index (Phi) is 3.08. The van der Waals surface area contributed by atoms with Gasteiger partial charge in [0.1, 0.15) is 6.07 Å². The van der Waals surface area contributed by atoms with Crippen molar-refractivity contribution in [1.82, 2.24) is 0 Å². The molecule has 1 nitrogen and oxygen atoms in total. The molecule has 0 bridgehead atoms. The van der Waals surface area contributed by atoms with E-state index in [9.17, 15) is 5.26 Å². The summed E-state index contributed by atoms with van der Waals surface area (Å²) in [6.45, 7) is 0. The molecule has 2 aromatic rings. The van der Waals surface area contributed by atoms with Crippen molar-refractivity contribution in [3.05, 3.63) is 59.2 Å². The number of rotatable bonds is 2. The van der Waals surface area contributed by atoms with Crippen molar-refractivity contribution in [2.24, 2.45) is 0 Å². The molecule has 0 heterocycles. The van der Waals surface area contributed by atoms with Crippen molar-refractivity contribution in [1.29, 1.82) is 5.26 Å². The van der Waals surface area contributed by atoms with Gasteiger partial charge in [-0.2, -0.15) is 5.26 Å². The zero-order valence-corrected chi connectivity index (χ0v) is 10.8. The number of aryl methyl sites for hydroxylation is 2. The Balaban J connectivity index is 1.99. The number of hydrogen-bond acceptors (Lipinski definition) is 2. The summed E-state index contributed by atoms with van der Waals surface area (Å²) in [6.07, 6.45) is 3.50. The fraction of sp³-hybridized carbons (Fsp3) is 0.188. The lowest BCUT2D eigenvalue weighted by Crippen LogP contribution is -1.88. The molecule has 0 atom stereocenters. The molecular weight excluding hydrogens is 238 g/mol. The van der Waals surface area contributed by atoms with Crippen molar-refractivity contribution in [2.45, 2.75) is 29.1 Å². The number of fused-ring (bicyclic) bond motifs is 1. The molecule has 0 radical (unpaired) electrons. The second-order valence-electron chi connectivity index (χ2n) is 4.50. The normalized spacial score (nSPS) is 13.1. The maximum atomic E-state index is 9.26. The molecule has 2 heteroatoms. The summed E-state index contributed by atoms with van der Waals surface area (Å²) < 4.78 is 0. The van der Waals surface area contributed by atoms with Crippen molar-refractivity contribution in [3.8, 4) is 6.07 Å². The largest absolute Gasteiger partial charge is 0.192 e. The minimum Gasteiger partial charge on any atom is -0.192 e. The summed E-state index contributed by atoms with van der Waals surface area (Å²) in [5, 5.41) is 9.26. The summed E-state index contributed by atoms with van der Waals surface area (Å²) in [4.78, 5) is 2.27. The minimum atomic E-state index is 0.810. The van der Waals surface area contributed by atoms with Gasteiger partial charge in [-0.15, -0.1) is 0 Å². The van der Waals surface area contributed by atoms with E-state index < -0.39 is 0 Å². The van der Waals surface area contributed by atoms with E-state index in [1.54, 1.807) is 11.8 Å². The molecule has 3 rings (SSSR count). The zero-order valence-electron chi connectivity index (χ0n) is 10.0. The van der Waals surface area contributed by atoms with E-state index in [1.807, 2.05) is 18.2 Å². The zero-order chi connectivity index (χ0) is 12.4. The Morgan fingerprint density at radius 3 is 2.44 bits per heavy atom. The van der Waals surface area contributed by atoms with Crippen LogP contribution in [0.3, 0.4) is 0 Å². The molecule has 0 N–H and O–H groups in total. The highest BCUT2D eigenvalue weighted by atomic mass is 32.2. The van der Waals surface area contributed by atoms with Gasteiger partial charge in [0.15, 0.2) is 0 Å². The predicted octanol–water partition coefficient (Wildman–Crippen LogP) is 4.20. The number of nitrogens with zero attached hydrogens (tertiary/aromatic N) is 1. The first-order valence-electron chi connectivity index (χ1n) is 6.15. The molecule has 0 saturated carbocycles. The summed E-state index contributed by atoms with van der Waals surface area (Å²) in [6, 6.07) is 16.8. The smallest absolute Gasteiger partial charge is 0.100 e. The molecule has 18 heavy (non-hydrogen) atoms. The molecule has 0 fully saturated rings. The van der Waals surface area contributed by atoms with Crippen LogP contribution in [0.4, 0.5) is 0 Å². The van der Waals surface area contributed by atoms with Crippen LogP contribution in [0.5, 0.6) is 0 Å². The van der Waals surface area contributed by atoms with Gasteiger partial charge in [0.25, 0.3) is 0 Å². The maximum absolute atomic E-state index is 9.26. The molecular formula is C16H13NS. The van der Waals surface area contributed by atoms with Crippen molar-refractivity contribution < 1.29 is 0 Å². The third-order valence-corrected chi connectivity index (χ3v) is 4.35. The van der Waals surface area contributed by atoms with E-state index in [0.29, 0.717) is 0 Å². The lowest BCUT2D eigenvalue weighted by atomic mass is 10.1. The van der Waals surface area contributed by atoms with E-state index in [-0.39, 0.29) is 0 Å². The molecule has 1 aliphatic carbocycles. The summed E-state index contributed by atoms with van der Waals surface area (Å²) in [5.74, 6) is 0. The van der Waals surface area contributed by atoms with Gasteiger partial charge in [-0.25, -0.2) is 0 Å². The van der Waals surface area contributed by atoms with Gasteiger partial charge in [-0.05, 0) is 54.7 Å². The van der Waals surface area contributed by atoms with Crippen LogP contribution in [0, 0.1) is 11.3 Å². The average Bonchev–Trinajstić information content (AvgIpc) is 2.86. The van der Waals surface area contributed by atoms with Gasteiger partial charge < -0.3 is 0 Å². The van der Waals surface area contributed by atoms with Crippen LogP contribution < -0.4 is 0 Å². The first-order valence-corrected chi connectivity index (χ1v) is 6.97. The summed E-state index contributed by atoms with van der Waals surface area (Å²) >= 11 is 1.68. The van der Waals surface area contributed by atoms with Gasteiger partial charge in [-0.1, -0.05) is 30.0 Å². The highest BCUT2D eigenvalue weighted by Gasteiger charge is 2.15. The SMILES string of the molecule is N#Cc1cc2c(cc1Sc1ccccc1)CCC2. The van der Waals surface area contributed by atoms with Crippen molar-refractivity contribution in [3.63, 3.8) is 0 Å². The monoisotopic (exact) mass is 251 g/mol. The van der Waals surface area contributed by atoms with Gasteiger partial charge in [0.2, 0.25) is 0 Å². The van der Waals surface area contributed by atoms with Crippen LogP contribution in [-0.4, -0.2) is 0 Å². The van der Waals surface area contributed by atoms with E-state index >= 15 is 0 Å². The Morgan fingerprint density at radius 2 is 1.72 bits per heavy atom. The molecule has 1 aliphatic rings. The van der Waals surface area contributed by atoms with Gasteiger partial charge >= 0.3 is 0 Å². The van der Waals surface area contributed by atoms with Gasteiger partial charge in [0, 0.05) is 9.79 Å². The number of nitriles is 1. The van der Waals surface area contributed by atoms with E-state index in [0.717, 1.165) is 23.3 Å². The standard InChI is InChI=1S/C16H13NS/c17-11-14-9-12-5-4-6-13(12)10-16(14)18-15-7-2-1-3-8-15/h1-3,7-10H,4-6H2. The second kappa shape index (κ2) is 4.88. The van der Waals surface area contributed by atoms with E-state index in [4.69, 9.17) is 0 Å². The molecule has 0 saturated heterocycles. The summed E-state index contributed by atoms with van der Waals surface area (Å²) in [5.41, 5.74) is 3.60. The molecule has 0 aromatic heterocycles. The first-order chi connectivity index (χ1) is 8.86. The van der Waals surface area contributed by atoms with Crippen LogP contribution >= 0.6 is 11.8 Å². The molecule has 0 aliphatic heterocycles. The molecule has 0 unspecified atom stereocenters. The van der Waals surface area contributed by atoms with Crippen LogP contribution in [-0.2, 0) is 12.8 Å². The fourth-order valence-corrected chi connectivity index (χ4v) is 3.35. The third-order valence-electron chi connectivity index (χ3n) is 3.29. The topological polar surface area (TPSA) is 23.8 Å². The number of hydrogen-bond donors (Lipinski definition) is 0. The van der Waals surface area contributed by atoms with Gasteiger partial charge in [0.05, 0.1) is 5.56 Å². The van der Waals surface area contributed by atoms with Crippen LogP contribution in [0.25, 0.3) is 0 Å². The highest BCUT2D eigenvalue weighted by molar-refractivity contribution is 7.99. The minimum absolute atomic E-state index is 0.810. The second-order valence-corrected chi connectivity index (χ2v) is 5.61. The average molecular weight is 251 g/mol. The van der Waals surface area contributed by atoms with Crippen LogP contribution in [0.1, 0.15) is 23.1 Å². The molecule has 0 spiro atoms. The van der Waals surface area contributed by atoms with Crippen LogP contribution in [0.2, 0.25) is 0 Å². The number of benzene rings is 2. The van der Waals surface area contributed by atoms with Crippen molar-refractivity contribution in [2.75, 3.05) is 0 Å². The Labute approximate surface area is 111 Å². The Morgan fingerprint density at radius 1 is 1.00 bits per heavy atom. The Hall–Kier alpha value is -1.72. The lowest BCUT2D eigenvalue weighted by Gasteiger charge is -2.07. The third kappa shape index (κ3) is 2.14. The maximum Gasteiger partial charge on any atom is 0.100 e. The lowest BCUT2D eigenvalue weighted by molar-refractivity contribution is 0.911.